The van der Waals surface area contributed by atoms with Crippen molar-refractivity contribution in [1.29, 1.82) is 0 Å². The molecule has 0 saturated heterocycles. The molecule has 1 rings (SSSR count). The Labute approximate surface area is 174 Å². The number of hydrogen-bond donors (Lipinski definition) is 3. The second-order valence-corrected chi connectivity index (χ2v) is 7.19. The summed E-state index contributed by atoms with van der Waals surface area (Å²) in [6.45, 7) is 13.2. The van der Waals surface area contributed by atoms with E-state index in [2.05, 4.69) is 39.9 Å². The molecule has 0 aliphatic rings. The van der Waals surface area contributed by atoms with Crippen LogP contribution < -0.4 is 16.0 Å². The summed E-state index contributed by atoms with van der Waals surface area (Å²) < 4.78 is 1.92. The van der Waals surface area contributed by atoms with Crippen LogP contribution in [0.5, 0.6) is 0 Å². The number of nitrogens with zero attached hydrogens (tertiary/aromatic N) is 3. The fourth-order valence-electron chi connectivity index (χ4n) is 2.68. The second kappa shape index (κ2) is 10.7. The highest BCUT2D eigenvalue weighted by Gasteiger charge is 2.27. The van der Waals surface area contributed by atoms with E-state index < -0.39 is 5.41 Å². The molecule has 1 amide bonds. The number of aliphatic imine (C=N–C) groups is 1. The van der Waals surface area contributed by atoms with Gasteiger partial charge in [0.1, 0.15) is 0 Å². The van der Waals surface area contributed by atoms with Crippen LogP contribution in [0.25, 0.3) is 0 Å². The van der Waals surface area contributed by atoms with Crippen LogP contribution in [-0.2, 0) is 18.3 Å². The summed E-state index contributed by atoms with van der Waals surface area (Å²) in [5, 5.41) is 14.0. The summed E-state index contributed by atoms with van der Waals surface area (Å²) >= 11 is 0. The minimum Gasteiger partial charge on any atom is -0.356 e. The first-order valence-electron chi connectivity index (χ1n) is 8.86. The highest BCUT2D eigenvalue weighted by atomic mass is 127. The summed E-state index contributed by atoms with van der Waals surface area (Å²) in [4.78, 5) is 16.4. The molecular weight excluding hydrogens is 443 g/mol. The van der Waals surface area contributed by atoms with Crippen molar-refractivity contribution in [3.63, 3.8) is 0 Å². The number of nitrogens with one attached hydrogen (secondary N) is 3. The van der Waals surface area contributed by atoms with E-state index in [4.69, 9.17) is 0 Å². The van der Waals surface area contributed by atoms with Crippen molar-refractivity contribution in [3.8, 4) is 0 Å². The molecular formula is C18H35IN6O. The highest BCUT2D eigenvalue weighted by Crippen LogP contribution is 2.15. The summed E-state index contributed by atoms with van der Waals surface area (Å²) in [6.07, 6.45) is 0.867. The van der Waals surface area contributed by atoms with Crippen LogP contribution in [0.15, 0.2) is 4.99 Å². The lowest BCUT2D eigenvalue weighted by atomic mass is 9.92. The minimum atomic E-state index is -0.507. The molecule has 0 aromatic carbocycles. The molecule has 0 fully saturated rings. The molecule has 1 aromatic rings. The quantitative estimate of drug-likeness (QED) is 0.318. The van der Waals surface area contributed by atoms with Gasteiger partial charge in [-0.1, -0.05) is 0 Å². The van der Waals surface area contributed by atoms with Crippen LogP contribution in [0.3, 0.4) is 0 Å². The van der Waals surface area contributed by atoms with Crippen molar-refractivity contribution in [2.24, 2.45) is 17.5 Å². The number of guanidine groups is 1. The molecule has 1 unspecified atom stereocenters. The molecule has 0 bridgehead atoms. The van der Waals surface area contributed by atoms with E-state index in [1.807, 2.05) is 39.4 Å². The van der Waals surface area contributed by atoms with Gasteiger partial charge in [-0.3, -0.25) is 14.5 Å². The van der Waals surface area contributed by atoms with Gasteiger partial charge >= 0.3 is 0 Å². The van der Waals surface area contributed by atoms with E-state index in [-0.39, 0.29) is 35.9 Å². The van der Waals surface area contributed by atoms with Gasteiger partial charge in [-0.2, -0.15) is 5.10 Å². The third-order valence-corrected chi connectivity index (χ3v) is 4.43. The standard InChI is InChI=1S/C18H34N6O.HI/c1-9-20-16(25)18(5,6)11-21-17(19-7)22-12(2)10-15-13(3)23-24(8)14(15)4;/h12H,9-11H2,1-8H3,(H,20,25)(H2,19,21,22);1H. The van der Waals surface area contributed by atoms with Crippen LogP contribution >= 0.6 is 24.0 Å². The predicted octanol–water partition coefficient (Wildman–Crippen LogP) is 1.91. The van der Waals surface area contributed by atoms with Crippen molar-refractivity contribution < 1.29 is 4.79 Å². The Kier molecular flexibility index (Phi) is 10.2. The van der Waals surface area contributed by atoms with E-state index in [1.54, 1.807) is 7.05 Å². The van der Waals surface area contributed by atoms with Gasteiger partial charge in [0.2, 0.25) is 5.91 Å². The number of aryl methyl sites for hydroxylation is 2. The van der Waals surface area contributed by atoms with E-state index in [0.29, 0.717) is 19.0 Å². The monoisotopic (exact) mass is 478 g/mol. The maximum Gasteiger partial charge on any atom is 0.227 e. The second-order valence-electron chi connectivity index (χ2n) is 7.19. The Hall–Kier alpha value is -1.32. The normalized spacial score (nSPS) is 13.0. The van der Waals surface area contributed by atoms with E-state index in [9.17, 15) is 4.79 Å². The SMILES string of the molecule is CCNC(=O)C(C)(C)CNC(=NC)NC(C)Cc1c(C)nn(C)c1C.I. The number of rotatable bonds is 7. The lowest BCUT2D eigenvalue weighted by Crippen LogP contribution is -2.49. The first-order valence-corrected chi connectivity index (χ1v) is 8.86. The van der Waals surface area contributed by atoms with Crippen LogP contribution in [0, 0.1) is 19.3 Å². The summed E-state index contributed by atoms with van der Waals surface area (Å²) in [6, 6.07) is 0.195. The molecule has 7 nitrogen and oxygen atoms in total. The Morgan fingerprint density at radius 3 is 2.38 bits per heavy atom. The van der Waals surface area contributed by atoms with Crippen molar-refractivity contribution in [2.45, 2.75) is 54.0 Å². The van der Waals surface area contributed by atoms with E-state index in [1.165, 1.54) is 11.3 Å². The average Bonchev–Trinajstić information content (AvgIpc) is 2.78. The number of halogens is 1. The zero-order valence-electron chi connectivity index (χ0n) is 17.4. The lowest BCUT2D eigenvalue weighted by molar-refractivity contribution is -0.128. The molecule has 3 N–H and O–H groups in total. The van der Waals surface area contributed by atoms with Crippen molar-refractivity contribution in [2.75, 3.05) is 20.1 Å². The van der Waals surface area contributed by atoms with Gasteiger partial charge in [0, 0.05) is 38.9 Å². The highest BCUT2D eigenvalue weighted by molar-refractivity contribution is 14.0. The molecule has 26 heavy (non-hydrogen) atoms. The molecule has 0 aliphatic heterocycles. The van der Waals surface area contributed by atoms with Crippen LogP contribution in [0.2, 0.25) is 0 Å². The Bertz CT molecular complexity index is 623. The summed E-state index contributed by atoms with van der Waals surface area (Å²) in [5.74, 6) is 0.733. The average molecular weight is 478 g/mol. The minimum absolute atomic E-state index is 0. The molecule has 1 aromatic heterocycles. The third kappa shape index (κ3) is 6.77. The Morgan fingerprint density at radius 2 is 1.92 bits per heavy atom. The first kappa shape index (κ1) is 24.7. The first-order chi connectivity index (χ1) is 11.6. The Morgan fingerprint density at radius 1 is 1.31 bits per heavy atom. The van der Waals surface area contributed by atoms with Gasteiger partial charge in [0.15, 0.2) is 5.96 Å². The van der Waals surface area contributed by atoms with Gasteiger partial charge in [-0.15, -0.1) is 24.0 Å². The van der Waals surface area contributed by atoms with E-state index in [0.717, 1.165) is 12.1 Å². The molecule has 1 heterocycles. The number of carbonyl (C=O) groups is 1. The number of amides is 1. The molecule has 0 saturated carbocycles. The molecule has 0 aliphatic carbocycles. The number of hydrogen-bond acceptors (Lipinski definition) is 3. The Balaban J connectivity index is 0.00000625. The van der Waals surface area contributed by atoms with Crippen LogP contribution in [-0.4, -0.2) is 47.8 Å². The number of aromatic nitrogens is 2. The molecule has 150 valence electrons. The molecule has 1 atom stereocenters. The number of carbonyl (C=O) groups excluding carboxylic acids is 1. The largest absolute Gasteiger partial charge is 0.356 e. The summed E-state index contributed by atoms with van der Waals surface area (Å²) in [7, 11) is 3.70. The van der Waals surface area contributed by atoms with Gasteiger partial charge < -0.3 is 16.0 Å². The maximum atomic E-state index is 12.1. The lowest BCUT2D eigenvalue weighted by Gasteiger charge is -2.26. The van der Waals surface area contributed by atoms with Crippen LogP contribution in [0.1, 0.15) is 44.6 Å². The van der Waals surface area contributed by atoms with Gasteiger partial charge in [-0.05, 0) is 53.5 Å². The third-order valence-electron chi connectivity index (χ3n) is 4.43. The summed E-state index contributed by atoms with van der Waals surface area (Å²) in [5.41, 5.74) is 3.01. The van der Waals surface area contributed by atoms with Gasteiger partial charge in [-0.25, -0.2) is 0 Å². The van der Waals surface area contributed by atoms with Crippen molar-refractivity contribution >= 4 is 35.8 Å². The molecule has 0 radical (unpaired) electrons. The van der Waals surface area contributed by atoms with Gasteiger partial charge in [0.05, 0.1) is 11.1 Å². The fourth-order valence-corrected chi connectivity index (χ4v) is 2.68. The zero-order valence-corrected chi connectivity index (χ0v) is 19.7. The molecule has 0 spiro atoms. The van der Waals surface area contributed by atoms with Gasteiger partial charge in [0.25, 0.3) is 0 Å². The predicted molar refractivity (Wildman–Crippen MR) is 118 cm³/mol. The fraction of sp³-hybridized carbons (Fsp3) is 0.722. The topological polar surface area (TPSA) is 83.3 Å². The zero-order chi connectivity index (χ0) is 19.2. The van der Waals surface area contributed by atoms with E-state index >= 15 is 0 Å². The van der Waals surface area contributed by atoms with Crippen molar-refractivity contribution in [3.05, 3.63) is 17.0 Å². The van der Waals surface area contributed by atoms with Crippen molar-refractivity contribution in [1.82, 2.24) is 25.7 Å². The maximum absolute atomic E-state index is 12.1. The smallest absolute Gasteiger partial charge is 0.227 e. The van der Waals surface area contributed by atoms with Crippen LogP contribution in [0.4, 0.5) is 0 Å². The molecule has 8 heteroatoms.